The molecule has 1 aromatic carbocycles. The topological polar surface area (TPSA) is 83.9 Å². The molecule has 14 heavy (non-hydrogen) atoms. The molecular formula is C9H8N2O2S. The van der Waals surface area contributed by atoms with Crippen LogP contribution in [0.15, 0.2) is 35.2 Å². The first kappa shape index (κ1) is 10.4. The average molecular weight is 208 g/mol. The van der Waals surface area contributed by atoms with Gasteiger partial charge in [0.25, 0.3) is 0 Å². The number of nitrogens with zero attached hydrogens (tertiary/aromatic N) is 1. The van der Waals surface area contributed by atoms with Crippen LogP contribution in [0.25, 0.3) is 6.08 Å². The summed E-state index contributed by atoms with van der Waals surface area (Å²) in [7, 11) is -3.72. The second-order valence-corrected chi connectivity index (χ2v) is 4.08. The van der Waals surface area contributed by atoms with Crippen LogP contribution in [0.5, 0.6) is 0 Å². The fourth-order valence-electron chi connectivity index (χ4n) is 1.00. The second kappa shape index (κ2) is 4.05. The lowest BCUT2D eigenvalue weighted by Crippen LogP contribution is -2.13. The fourth-order valence-corrected chi connectivity index (χ4v) is 1.74. The van der Waals surface area contributed by atoms with Crippen molar-refractivity contribution in [2.45, 2.75) is 4.90 Å². The van der Waals surface area contributed by atoms with Gasteiger partial charge in [0.05, 0.1) is 11.0 Å². The zero-order valence-corrected chi connectivity index (χ0v) is 8.03. The van der Waals surface area contributed by atoms with Crippen LogP contribution in [-0.2, 0) is 10.0 Å². The Balaban J connectivity index is 3.32. The highest BCUT2D eigenvalue weighted by Gasteiger charge is 2.10. The van der Waals surface area contributed by atoms with Gasteiger partial charge in [-0.15, -0.1) is 0 Å². The largest absolute Gasteiger partial charge is 0.238 e. The fraction of sp³-hybridized carbons (Fsp3) is 0. The van der Waals surface area contributed by atoms with Crippen molar-refractivity contribution in [3.05, 3.63) is 35.9 Å². The molecule has 0 saturated heterocycles. The van der Waals surface area contributed by atoms with Gasteiger partial charge in [0.2, 0.25) is 10.0 Å². The number of primary sulfonamides is 1. The minimum Gasteiger partial charge on any atom is -0.225 e. The molecule has 72 valence electrons. The molecule has 0 fully saturated rings. The van der Waals surface area contributed by atoms with E-state index in [-0.39, 0.29) is 4.90 Å². The van der Waals surface area contributed by atoms with Crippen molar-refractivity contribution in [1.82, 2.24) is 0 Å². The number of hydrogen-bond donors (Lipinski definition) is 1. The van der Waals surface area contributed by atoms with E-state index < -0.39 is 10.0 Å². The lowest BCUT2D eigenvalue weighted by atomic mass is 10.2. The molecule has 0 unspecified atom stereocenters. The Morgan fingerprint density at radius 1 is 1.36 bits per heavy atom. The van der Waals surface area contributed by atoms with Crippen molar-refractivity contribution in [1.29, 1.82) is 5.26 Å². The van der Waals surface area contributed by atoms with E-state index in [1.807, 2.05) is 0 Å². The van der Waals surface area contributed by atoms with Crippen LogP contribution in [0.1, 0.15) is 5.56 Å². The van der Waals surface area contributed by atoms with Gasteiger partial charge in [-0.2, -0.15) is 5.26 Å². The summed E-state index contributed by atoms with van der Waals surface area (Å²) < 4.78 is 22.2. The predicted octanol–water partition coefficient (Wildman–Crippen LogP) is 0.871. The Kier molecular flexibility index (Phi) is 3.02. The summed E-state index contributed by atoms with van der Waals surface area (Å²) in [5, 5.41) is 13.3. The summed E-state index contributed by atoms with van der Waals surface area (Å²) in [6.07, 6.45) is 2.60. The molecule has 0 aliphatic carbocycles. The quantitative estimate of drug-likeness (QED) is 0.732. The molecule has 0 aromatic heterocycles. The number of allylic oxidation sites excluding steroid dienone is 1. The molecule has 2 N–H and O–H groups in total. The molecule has 0 spiro atoms. The van der Waals surface area contributed by atoms with Crippen molar-refractivity contribution in [3.63, 3.8) is 0 Å². The number of sulfonamides is 1. The third-order valence-electron chi connectivity index (χ3n) is 1.56. The molecule has 0 heterocycles. The maximum absolute atomic E-state index is 11.1. The van der Waals surface area contributed by atoms with Crippen LogP contribution in [0.3, 0.4) is 0 Å². The third kappa shape index (κ3) is 2.42. The first-order valence-electron chi connectivity index (χ1n) is 3.73. The maximum atomic E-state index is 11.1. The van der Waals surface area contributed by atoms with Gasteiger partial charge in [0.15, 0.2) is 0 Å². The Bertz CT molecular complexity index is 498. The van der Waals surface area contributed by atoms with E-state index >= 15 is 0 Å². The molecule has 4 nitrogen and oxygen atoms in total. The molecule has 0 aliphatic heterocycles. The highest BCUT2D eigenvalue weighted by atomic mass is 32.2. The highest BCUT2D eigenvalue weighted by molar-refractivity contribution is 7.89. The normalized spacial score (nSPS) is 11.4. The van der Waals surface area contributed by atoms with Gasteiger partial charge >= 0.3 is 0 Å². The monoisotopic (exact) mass is 208 g/mol. The highest BCUT2D eigenvalue weighted by Crippen LogP contribution is 2.14. The van der Waals surface area contributed by atoms with Crippen LogP contribution >= 0.6 is 0 Å². The van der Waals surface area contributed by atoms with Gasteiger partial charge in [-0.25, -0.2) is 13.6 Å². The zero-order valence-electron chi connectivity index (χ0n) is 7.21. The molecular weight excluding hydrogens is 200 g/mol. The van der Waals surface area contributed by atoms with Crippen LogP contribution in [-0.4, -0.2) is 8.42 Å². The number of rotatable bonds is 2. The number of hydrogen-bond acceptors (Lipinski definition) is 3. The Labute approximate surface area is 82.3 Å². The SMILES string of the molecule is N#CC=Cc1ccccc1S(N)(=O)=O. The molecule has 1 aromatic rings. The summed E-state index contributed by atoms with van der Waals surface area (Å²) in [6, 6.07) is 8.00. The van der Waals surface area contributed by atoms with E-state index in [2.05, 4.69) is 0 Å². The number of nitriles is 1. The summed E-state index contributed by atoms with van der Waals surface area (Å²) >= 11 is 0. The van der Waals surface area contributed by atoms with Crippen LogP contribution in [0.2, 0.25) is 0 Å². The standard InChI is InChI=1S/C9H8N2O2S/c10-7-3-5-8-4-1-2-6-9(8)14(11,12)13/h1-6H,(H2,11,12,13). The lowest BCUT2D eigenvalue weighted by molar-refractivity contribution is 0.597. The molecule has 0 bridgehead atoms. The lowest BCUT2D eigenvalue weighted by Gasteiger charge is -2.01. The van der Waals surface area contributed by atoms with Gasteiger partial charge in [-0.1, -0.05) is 18.2 Å². The summed E-state index contributed by atoms with van der Waals surface area (Å²) in [5.41, 5.74) is 0.413. The summed E-state index contributed by atoms with van der Waals surface area (Å²) in [5.74, 6) is 0. The smallest absolute Gasteiger partial charge is 0.225 e. The van der Waals surface area contributed by atoms with Crippen LogP contribution in [0, 0.1) is 11.3 Å². The Morgan fingerprint density at radius 3 is 2.57 bits per heavy atom. The van der Waals surface area contributed by atoms with Crippen molar-refractivity contribution in [2.24, 2.45) is 5.14 Å². The molecule has 0 atom stereocenters. The summed E-state index contributed by atoms with van der Waals surface area (Å²) in [4.78, 5) is 0.0199. The zero-order chi connectivity index (χ0) is 10.6. The van der Waals surface area contributed by atoms with E-state index in [0.29, 0.717) is 5.56 Å². The van der Waals surface area contributed by atoms with Gasteiger partial charge in [0.1, 0.15) is 0 Å². The minimum atomic E-state index is -3.72. The van der Waals surface area contributed by atoms with Crippen molar-refractivity contribution in [3.8, 4) is 6.07 Å². The van der Waals surface area contributed by atoms with E-state index in [1.54, 1.807) is 24.3 Å². The summed E-state index contributed by atoms with van der Waals surface area (Å²) in [6.45, 7) is 0. The third-order valence-corrected chi connectivity index (χ3v) is 2.55. The first-order chi connectivity index (χ1) is 6.55. The van der Waals surface area contributed by atoms with Crippen molar-refractivity contribution in [2.75, 3.05) is 0 Å². The number of benzene rings is 1. The van der Waals surface area contributed by atoms with Gasteiger partial charge < -0.3 is 0 Å². The average Bonchev–Trinajstić information content (AvgIpc) is 2.14. The molecule has 5 heteroatoms. The second-order valence-electron chi connectivity index (χ2n) is 2.55. The van der Waals surface area contributed by atoms with Gasteiger partial charge in [-0.05, 0) is 17.7 Å². The molecule has 0 amide bonds. The van der Waals surface area contributed by atoms with E-state index in [0.717, 1.165) is 0 Å². The Hall–Kier alpha value is -1.64. The van der Waals surface area contributed by atoms with Crippen molar-refractivity contribution < 1.29 is 8.42 Å². The predicted molar refractivity (Wildman–Crippen MR) is 52.5 cm³/mol. The minimum absolute atomic E-state index is 0.0199. The Morgan fingerprint density at radius 2 is 2.00 bits per heavy atom. The first-order valence-corrected chi connectivity index (χ1v) is 5.28. The molecule has 1 rings (SSSR count). The van der Waals surface area contributed by atoms with E-state index in [9.17, 15) is 8.42 Å². The molecule has 0 saturated carbocycles. The van der Waals surface area contributed by atoms with Gasteiger partial charge in [-0.3, -0.25) is 0 Å². The van der Waals surface area contributed by atoms with Gasteiger partial charge in [0, 0.05) is 6.08 Å². The van der Waals surface area contributed by atoms with E-state index in [1.165, 1.54) is 18.2 Å². The van der Waals surface area contributed by atoms with Crippen molar-refractivity contribution >= 4 is 16.1 Å². The molecule has 0 aliphatic rings. The van der Waals surface area contributed by atoms with Crippen LogP contribution < -0.4 is 5.14 Å². The van der Waals surface area contributed by atoms with Crippen LogP contribution in [0.4, 0.5) is 0 Å². The molecule has 0 radical (unpaired) electrons. The van der Waals surface area contributed by atoms with E-state index in [4.69, 9.17) is 10.4 Å². The number of nitrogens with two attached hydrogens (primary N) is 1. The maximum Gasteiger partial charge on any atom is 0.238 e.